The van der Waals surface area contributed by atoms with Gasteiger partial charge in [-0.2, -0.15) is 0 Å². The lowest BCUT2D eigenvalue weighted by Crippen LogP contribution is -1.95. The summed E-state index contributed by atoms with van der Waals surface area (Å²) in [6, 6.07) is 1.24. The van der Waals surface area contributed by atoms with Crippen LogP contribution in [0.3, 0.4) is 0 Å². The van der Waals surface area contributed by atoms with E-state index in [9.17, 15) is 4.39 Å². The highest BCUT2D eigenvalue weighted by atomic mass is 35.5. The van der Waals surface area contributed by atoms with E-state index in [0.717, 1.165) is 0 Å². The number of halogens is 3. The highest BCUT2D eigenvalue weighted by Crippen LogP contribution is 2.21. The van der Waals surface area contributed by atoms with E-state index in [0.29, 0.717) is 18.4 Å². The summed E-state index contributed by atoms with van der Waals surface area (Å²) >= 11 is 11.1. The Hall–Kier alpha value is -0.380. The minimum absolute atomic E-state index is 0.0422. The zero-order valence-corrected chi connectivity index (χ0v) is 8.24. The van der Waals surface area contributed by atoms with Crippen molar-refractivity contribution >= 4 is 23.2 Å². The molecule has 0 aliphatic carbocycles. The monoisotopic (exact) mass is 223 g/mol. The third-order valence-corrected chi connectivity index (χ3v) is 2.16. The van der Waals surface area contributed by atoms with Crippen LogP contribution in [0.4, 0.5) is 4.39 Å². The lowest BCUT2D eigenvalue weighted by atomic mass is 10.2. The second kappa shape index (κ2) is 4.74. The van der Waals surface area contributed by atoms with Crippen LogP contribution in [0.25, 0.3) is 0 Å². The van der Waals surface area contributed by atoms with Gasteiger partial charge in [-0.15, -0.1) is 0 Å². The molecule has 13 heavy (non-hydrogen) atoms. The summed E-state index contributed by atoms with van der Waals surface area (Å²) in [7, 11) is 0. The molecule has 0 saturated heterocycles. The van der Waals surface area contributed by atoms with Crippen LogP contribution in [0.1, 0.15) is 12.0 Å². The van der Waals surface area contributed by atoms with E-state index in [1.807, 2.05) is 0 Å². The molecule has 1 aromatic heterocycles. The zero-order valence-electron chi connectivity index (χ0n) is 6.73. The number of rotatable bonds is 3. The highest BCUT2D eigenvalue weighted by Gasteiger charge is 2.07. The molecule has 0 aliphatic heterocycles. The minimum Gasteiger partial charge on any atom is -0.396 e. The lowest BCUT2D eigenvalue weighted by Gasteiger charge is -2.03. The van der Waals surface area contributed by atoms with E-state index in [-0.39, 0.29) is 16.9 Å². The van der Waals surface area contributed by atoms with Crippen molar-refractivity contribution in [3.63, 3.8) is 0 Å². The third kappa shape index (κ3) is 2.79. The predicted octanol–water partition coefficient (Wildman–Crippen LogP) is 2.45. The molecule has 0 aromatic carbocycles. The van der Waals surface area contributed by atoms with Crippen LogP contribution in [-0.4, -0.2) is 16.7 Å². The maximum Gasteiger partial charge on any atom is 0.166 e. The number of hydrogen-bond acceptors (Lipinski definition) is 2. The van der Waals surface area contributed by atoms with Gasteiger partial charge in [0.15, 0.2) is 11.0 Å². The van der Waals surface area contributed by atoms with E-state index in [2.05, 4.69) is 4.98 Å². The molecule has 5 heteroatoms. The molecule has 1 heterocycles. The zero-order chi connectivity index (χ0) is 9.84. The largest absolute Gasteiger partial charge is 0.396 e. The lowest BCUT2D eigenvalue weighted by molar-refractivity contribution is 0.288. The van der Waals surface area contributed by atoms with Crippen LogP contribution in [0.2, 0.25) is 10.3 Å². The standard InChI is InChI=1S/C8H8Cl2FNO/c9-7-5(2-1-3-13)4-6(11)8(10)12-7/h4,13H,1-3H2. The van der Waals surface area contributed by atoms with Crippen LogP contribution in [0.5, 0.6) is 0 Å². The van der Waals surface area contributed by atoms with Gasteiger partial charge < -0.3 is 5.11 Å². The van der Waals surface area contributed by atoms with Gasteiger partial charge in [0.25, 0.3) is 0 Å². The molecule has 0 radical (unpaired) electrons. The maximum absolute atomic E-state index is 12.9. The smallest absolute Gasteiger partial charge is 0.166 e. The van der Waals surface area contributed by atoms with Crippen molar-refractivity contribution in [2.45, 2.75) is 12.8 Å². The predicted molar refractivity (Wildman–Crippen MR) is 49.6 cm³/mol. The second-order valence-corrected chi connectivity index (χ2v) is 3.25. The fraction of sp³-hybridized carbons (Fsp3) is 0.375. The summed E-state index contributed by atoms with van der Waals surface area (Å²) in [6.07, 6.45) is 1.03. The fourth-order valence-corrected chi connectivity index (χ4v) is 1.34. The van der Waals surface area contributed by atoms with Gasteiger partial charge in [-0.25, -0.2) is 9.37 Å². The van der Waals surface area contributed by atoms with Crippen LogP contribution >= 0.6 is 23.2 Å². The molecule has 0 saturated carbocycles. The molecule has 0 bridgehead atoms. The minimum atomic E-state index is -0.584. The van der Waals surface area contributed by atoms with Crippen molar-refractivity contribution in [2.24, 2.45) is 0 Å². The molecule has 1 aromatic rings. The molecular weight excluding hydrogens is 216 g/mol. The number of aryl methyl sites for hydroxylation is 1. The van der Waals surface area contributed by atoms with Crippen LogP contribution < -0.4 is 0 Å². The second-order valence-electron chi connectivity index (χ2n) is 2.54. The molecule has 2 nitrogen and oxygen atoms in total. The van der Waals surface area contributed by atoms with Crippen molar-refractivity contribution in [3.8, 4) is 0 Å². The Kier molecular flexibility index (Phi) is 3.90. The highest BCUT2D eigenvalue weighted by molar-refractivity contribution is 6.32. The van der Waals surface area contributed by atoms with Gasteiger partial charge in [-0.1, -0.05) is 23.2 Å². The van der Waals surface area contributed by atoms with E-state index in [1.165, 1.54) is 6.07 Å². The fourth-order valence-electron chi connectivity index (χ4n) is 0.928. The van der Waals surface area contributed by atoms with Gasteiger partial charge in [0.1, 0.15) is 5.15 Å². The van der Waals surface area contributed by atoms with Crippen molar-refractivity contribution in [2.75, 3.05) is 6.61 Å². The van der Waals surface area contributed by atoms with Crippen molar-refractivity contribution < 1.29 is 9.50 Å². The molecule has 72 valence electrons. The normalized spacial score (nSPS) is 10.5. The summed E-state index contributed by atoms with van der Waals surface area (Å²) in [5.41, 5.74) is 0.567. The summed E-state index contributed by atoms with van der Waals surface area (Å²) in [5.74, 6) is -0.584. The first-order chi connectivity index (χ1) is 6.15. The van der Waals surface area contributed by atoms with E-state index < -0.39 is 5.82 Å². The van der Waals surface area contributed by atoms with Crippen molar-refractivity contribution in [1.29, 1.82) is 0 Å². The first kappa shape index (κ1) is 10.7. The molecule has 1 N–H and O–H groups in total. The van der Waals surface area contributed by atoms with Crippen molar-refractivity contribution in [1.82, 2.24) is 4.98 Å². The summed E-state index contributed by atoms with van der Waals surface area (Å²) < 4.78 is 12.9. The molecule has 0 aliphatic rings. The Morgan fingerprint density at radius 3 is 2.69 bits per heavy atom. The molecule has 0 unspecified atom stereocenters. The number of nitrogens with zero attached hydrogens (tertiary/aromatic N) is 1. The van der Waals surface area contributed by atoms with Crippen LogP contribution in [0.15, 0.2) is 6.07 Å². The number of hydrogen-bond donors (Lipinski definition) is 1. The Morgan fingerprint density at radius 1 is 1.38 bits per heavy atom. The van der Waals surface area contributed by atoms with E-state index in [4.69, 9.17) is 28.3 Å². The van der Waals surface area contributed by atoms with Gasteiger partial charge in [-0.3, -0.25) is 0 Å². The van der Waals surface area contributed by atoms with Crippen LogP contribution in [0, 0.1) is 5.82 Å². The Bertz CT molecular complexity index is 306. The van der Waals surface area contributed by atoms with Crippen LogP contribution in [-0.2, 0) is 6.42 Å². The molecular formula is C8H8Cl2FNO. The Morgan fingerprint density at radius 2 is 2.08 bits per heavy atom. The average Bonchev–Trinajstić information content (AvgIpc) is 2.09. The molecule has 0 fully saturated rings. The quantitative estimate of drug-likeness (QED) is 0.800. The Labute approximate surface area is 85.3 Å². The van der Waals surface area contributed by atoms with Gasteiger partial charge in [0.05, 0.1) is 0 Å². The topological polar surface area (TPSA) is 33.1 Å². The van der Waals surface area contributed by atoms with E-state index >= 15 is 0 Å². The first-order valence-electron chi connectivity index (χ1n) is 3.76. The molecule has 0 spiro atoms. The number of aliphatic hydroxyl groups is 1. The summed E-state index contributed by atoms with van der Waals surface area (Å²) in [4.78, 5) is 3.60. The molecule has 0 amide bonds. The number of aromatic nitrogens is 1. The number of aliphatic hydroxyl groups excluding tert-OH is 1. The summed E-state index contributed by atoms with van der Waals surface area (Å²) in [6.45, 7) is 0.0422. The SMILES string of the molecule is OCCCc1cc(F)c(Cl)nc1Cl. The molecule has 0 atom stereocenters. The first-order valence-corrected chi connectivity index (χ1v) is 4.52. The third-order valence-electron chi connectivity index (χ3n) is 1.56. The summed E-state index contributed by atoms with van der Waals surface area (Å²) in [5, 5.41) is 8.53. The van der Waals surface area contributed by atoms with Gasteiger partial charge in [0.2, 0.25) is 0 Å². The van der Waals surface area contributed by atoms with Gasteiger partial charge in [-0.05, 0) is 24.5 Å². The average molecular weight is 224 g/mol. The van der Waals surface area contributed by atoms with Gasteiger partial charge >= 0.3 is 0 Å². The Balaban J connectivity index is 2.88. The van der Waals surface area contributed by atoms with E-state index in [1.54, 1.807) is 0 Å². The molecule has 1 rings (SSSR count). The maximum atomic E-state index is 12.9. The number of pyridine rings is 1. The van der Waals surface area contributed by atoms with Crippen molar-refractivity contribution in [3.05, 3.63) is 27.8 Å². The van der Waals surface area contributed by atoms with Gasteiger partial charge in [0, 0.05) is 6.61 Å².